The Morgan fingerprint density at radius 1 is 1.22 bits per heavy atom. The number of carboxylic acids is 1. The van der Waals surface area contributed by atoms with E-state index in [0.29, 0.717) is 5.56 Å². The minimum Gasteiger partial charge on any atom is -0.478 e. The Morgan fingerprint density at radius 2 is 1.89 bits per heavy atom. The number of hydrogen-bond donors (Lipinski definition) is 1. The smallest absolute Gasteiger partial charge is 0.333 e. The number of non-ortho nitro benzene ring substituents is 1. The Labute approximate surface area is 155 Å². The van der Waals surface area contributed by atoms with Gasteiger partial charge in [0, 0.05) is 18.7 Å². The number of rotatable bonds is 5. The summed E-state index contributed by atoms with van der Waals surface area (Å²) in [7, 11) is -4.16. The third kappa shape index (κ3) is 3.46. The average molecular weight is 388 g/mol. The quantitative estimate of drug-likeness (QED) is 0.621. The molecule has 27 heavy (non-hydrogen) atoms. The number of nitro groups is 1. The maximum atomic E-state index is 13.1. The van der Waals surface area contributed by atoms with Crippen LogP contribution < -0.4 is 0 Å². The predicted octanol–water partition coefficient (Wildman–Crippen LogP) is 2.66. The maximum Gasteiger partial charge on any atom is 0.333 e. The van der Waals surface area contributed by atoms with Crippen LogP contribution >= 0.6 is 0 Å². The van der Waals surface area contributed by atoms with Crippen molar-refractivity contribution in [3.63, 3.8) is 0 Å². The minimum atomic E-state index is -4.16. The van der Waals surface area contributed by atoms with Crippen molar-refractivity contribution in [3.05, 3.63) is 81.4 Å². The van der Waals surface area contributed by atoms with E-state index >= 15 is 0 Å². The van der Waals surface area contributed by atoms with Crippen LogP contribution in [0.25, 0.3) is 0 Å². The summed E-state index contributed by atoms with van der Waals surface area (Å²) >= 11 is 0. The van der Waals surface area contributed by atoms with Crippen molar-refractivity contribution < 1.29 is 23.2 Å². The van der Waals surface area contributed by atoms with Gasteiger partial charge in [-0.25, -0.2) is 13.2 Å². The van der Waals surface area contributed by atoms with E-state index in [1.807, 2.05) is 6.92 Å². The number of hydrogen-bond acceptors (Lipinski definition) is 5. The van der Waals surface area contributed by atoms with Crippen molar-refractivity contribution in [3.8, 4) is 0 Å². The highest BCUT2D eigenvalue weighted by Gasteiger charge is 2.40. The summed E-state index contributed by atoms with van der Waals surface area (Å²) in [6.45, 7) is 1.73. The molecule has 0 bridgehead atoms. The molecule has 1 unspecified atom stereocenters. The van der Waals surface area contributed by atoms with Crippen molar-refractivity contribution in [1.29, 1.82) is 0 Å². The average Bonchev–Trinajstić information content (AvgIpc) is 3.08. The van der Waals surface area contributed by atoms with Crippen LogP contribution in [0.2, 0.25) is 0 Å². The molecule has 0 radical (unpaired) electrons. The standard InChI is InChI=1S/C18H16N2O6S/c1-12-5-7-13(8-6-12)17-16(18(21)22)9-10-19(17)27(25,26)15-4-2-3-14(11-15)20(23)24/h2-9,11,17H,10H2,1H3,(H,21,22). The molecule has 3 rings (SSSR count). The van der Waals surface area contributed by atoms with Gasteiger partial charge >= 0.3 is 5.97 Å². The SMILES string of the molecule is Cc1ccc(C2C(C(=O)O)=CCN2S(=O)(=O)c2cccc([N+](=O)[O-])c2)cc1. The Kier molecular flexibility index (Phi) is 4.81. The molecular formula is C18H16N2O6S. The molecule has 0 saturated heterocycles. The molecule has 2 aromatic rings. The first-order valence-corrected chi connectivity index (χ1v) is 9.42. The fourth-order valence-electron chi connectivity index (χ4n) is 2.99. The molecule has 0 saturated carbocycles. The van der Waals surface area contributed by atoms with Crippen LogP contribution in [0.5, 0.6) is 0 Å². The molecule has 9 heteroatoms. The normalized spacial score (nSPS) is 17.5. The lowest BCUT2D eigenvalue weighted by atomic mass is 10.00. The van der Waals surface area contributed by atoms with Gasteiger partial charge in [0.25, 0.3) is 5.69 Å². The number of carbonyl (C=O) groups is 1. The third-order valence-electron chi connectivity index (χ3n) is 4.35. The zero-order valence-corrected chi connectivity index (χ0v) is 15.1. The van der Waals surface area contributed by atoms with E-state index in [1.165, 1.54) is 24.3 Å². The van der Waals surface area contributed by atoms with E-state index in [9.17, 15) is 28.4 Å². The third-order valence-corrected chi connectivity index (χ3v) is 6.18. The van der Waals surface area contributed by atoms with Crippen molar-refractivity contribution in [2.45, 2.75) is 17.9 Å². The molecule has 1 aliphatic heterocycles. The van der Waals surface area contributed by atoms with Gasteiger partial charge in [-0.3, -0.25) is 10.1 Å². The second kappa shape index (κ2) is 6.93. The molecule has 1 aliphatic rings. The monoisotopic (exact) mass is 388 g/mol. The first-order chi connectivity index (χ1) is 12.7. The van der Waals surface area contributed by atoms with Gasteiger partial charge < -0.3 is 5.11 Å². The van der Waals surface area contributed by atoms with Gasteiger partial charge in [-0.2, -0.15) is 4.31 Å². The molecule has 1 atom stereocenters. The Hall–Kier alpha value is -3.04. The summed E-state index contributed by atoms with van der Waals surface area (Å²) < 4.78 is 27.3. The van der Waals surface area contributed by atoms with Gasteiger partial charge in [0.1, 0.15) is 0 Å². The zero-order valence-electron chi connectivity index (χ0n) is 14.3. The van der Waals surface area contributed by atoms with Crippen molar-refractivity contribution in [2.24, 2.45) is 0 Å². The van der Waals surface area contributed by atoms with E-state index in [4.69, 9.17) is 0 Å². The van der Waals surface area contributed by atoms with Gasteiger partial charge in [-0.05, 0) is 18.6 Å². The highest BCUT2D eigenvalue weighted by Crippen LogP contribution is 2.38. The number of sulfonamides is 1. The largest absolute Gasteiger partial charge is 0.478 e. The van der Waals surface area contributed by atoms with Gasteiger partial charge in [-0.15, -0.1) is 0 Å². The Balaban J connectivity index is 2.08. The molecule has 0 fully saturated rings. The van der Waals surface area contributed by atoms with Crippen molar-refractivity contribution in [1.82, 2.24) is 4.31 Å². The summed E-state index contributed by atoms with van der Waals surface area (Å²) in [5, 5.41) is 20.5. The Morgan fingerprint density at radius 3 is 2.48 bits per heavy atom. The lowest BCUT2D eigenvalue weighted by Gasteiger charge is -2.26. The second-order valence-electron chi connectivity index (χ2n) is 6.11. The maximum absolute atomic E-state index is 13.1. The lowest BCUT2D eigenvalue weighted by Crippen LogP contribution is -2.33. The summed E-state index contributed by atoms with van der Waals surface area (Å²) in [5.74, 6) is -1.21. The Bertz CT molecular complexity index is 1040. The molecule has 0 aromatic heterocycles. The van der Waals surface area contributed by atoms with Crippen LogP contribution in [0.1, 0.15) is 17.2 Å². The van der Waals surface area contributed by atoms with Gasteiger partial charge in [-0.1, -0.05) is 42.0 Å². The summed E-state index contributed by atoms with van der Waals surface area (Å²) in [6.07, 6.45) is 1.35. The van der Waals surface area contributed by atoms with Crippen LogP contribution in [-0.2, 0) is 14.8 Å². The molecule has 140 valence electrons. The van der Waals surface area contributed by atoms with Crippen LogP contribution in [0.15, 0.2) is 65.1 Å². The number of benzene rings is 2. The number of nitrogens with zero attached hydrogens (tertiary/aromatic N) is 2. The zero-order chi connectivity index (χ0) is 19.8. The minimum absolute atomic E-state index is 0.0483. The molecule has 1 N–H and O–H groups in total. The molecular weight excluding hydrogens is 372 g/mol. The first-order valence-electron chi connectivity index (χ1n) is 7.98. The summed E-state index contributed by atoms with van der Waals surface area (Å²) in [6, 6.07) is 10.6. The molecule has 2 aromatic carbocycles. The predicted molar refractivity (Wildman–Crippen MR) is 96.6 cm³/mol. The van der Waals surface area contributed by atoms with Crippen LogP contribution in [0, 0.1) is 17.0 Å². The number of carboxylic acid groups (broad SMARTS) is 1. The van der Waals surface area contributed by atoms with Gasteiger partial charge in [0.2, 0.25) is 10.0 Å². The summed E-state index contributed by atoms with van der Waals surface area (Å²) in [4.78, 5) is 21.7. The highest BCUT2D eigenvalue weighted by molar-refractivity contribution is 7.89. The lowest BCUT2D eigenvalue weighted by molar-refractivity contribution is -0.385. The number of aryl methyl sites for hydroxylation is 1. The van der Waals surface area contributed by atoms with Crippen LogP contribution in [0.3, 0.4) is 0 Å². The van der Waals surface area contributed by atoms with Crippen LogP contribution in [-0.4, -0.2) is 35.3 Å². The first kappa shape index (κ1) is 18.7. The fraction of sp³-hybridized carbons (Fsp3) is 0.167. The number of nitro benzene ring substituents is 1. The van der Waals surface area contributed by atoms with E-state index in [2.05, 4.69) is 0 Å². The molecule has 0 spiro atoms. The second-order valence-corrected chi connectivity index (χ2v) is 8.00. The van der Waals surface area contributed by atoms with Gasteiger partial charge in [0.05, 0.1) is 21.4 Å². The van der Waals surface area contributed by atoms with Crippen LogP contribution in [0.4, 0.5) is 5.69 Å². The molecule has 0 aliphatic carbocycles. The van der Waals surface area contributed by atoms with Crippen molar-refractivity contribution >= 4 is 21.7 Å². The van der Waals surface area contributed by atoms with Crippen molar-refractivity contribution in [2.75, 3.05) is 6.54 Å². The van der Waals surface area contributed by atoms with E-state index in [-0.39, 0.29) is 22.7 Å². The molecule has 8 nitrogen and oxygen atoms in total. The fourth-order valence-corrected chi connectivity index (χ4v) is 4.56. The van der Waals surface area contributed by atoms with E-state index in [1.54, 1.807) is 24.3 Å². The van der Waals surface area contributed by atoms with E-state index < -0.39 is 27.0 Å². The highest BCUT2D eigenvalue weighted by atomic mass is 32.2. The number of aliphatic carboxylic acids is 1. The molecule has 1 heterocycles. The topological polar surface area (TPSA) is 118 Å². The molecule has 0 amide bonds. The van der Waals surface area contributed by atoms with Gasteiger partial charge in [0.15, 0.2) is 0 Å². The van der Waals surface area contributed by atoms with E-state index in [0.717, 1.165) is 15.9 Å². The summed E-state index contributed by atoms with van der Waals surface area (Å²) in [5.41, 5.74) is 1.06.